The predicted molar refractivity (Wildman–Crippen MR) is 78.2 cm³/mol. The summed E-state index contributed by atoms with van der Waals surface area (Å²) in [5.74, 6) is 1.21. The van der Waals surface area contributed by atoms with E-state index in [4.69, 9.17) is 11.6 Å². The van der Waals surface area contributed by atoms with Crippen molar-refractivity contribution in [2.45, 2.75) is 20.3 Å². The van der Waals surface area contributed by atoms with Crippen molar-refractivity contribution in [2.75, 3.05) is 38.6 Å². The SMILES string of the molecule is CCN(CCCN(C)C)c1nc(C)nc(Cl)c1C=O. The first-order valence-electron chi connectivity index (χ1n) is 6.38. The summed E-state index contributed by atoms with van der Waals surface area (Å²) in [6.45, 7) is 6.42. The van der Waals surface area contributed by atoms with Crippen molar-refractivity contribution in [3.63, 3.8) is 0 Å². The molecular formula is C13H21ClN4O. The number of halogens is 1. The first-order valence-corrected chi connectivity index (χ1v) is 6.76. The highest BCUT2D eigenvalue weighted by molar-refractivity contribution is 6.32. The van der Waals surface area contributed by atoms with E-state index in [9.17, 15) is 4.79 Å². The molecule has 0 saturated heterocycles. The van der Waals surface area contributed by atoms with Gasteiger partial charge >= 0.3 is 0 Å². The monoisotopic (exact) mass is 284 g/mol. The summed E-state index contributed by atoms with van der Waals surface area (Å²) in [7, 11) is 4.08. The van der Waals surface area contributed by atoms with Crippen LogP contribution in [0.4, 0.5) is 5.82 Å². The van der Waals surface area contributed by atoms with Gasteiger partial charge in [-0.05, 0) is 40.9 Å². The minimum atomic E-state index is 0.226. The van der Waals surface area contributed by atoms with Gasteiger partial charge in [0.05, 0.1) is 5.56 Å². The zero-order chi connectivity index (χ0) is 14.4. The van der Waals surface area contributed by atoms with Crippen molar-refractivity contribution in [3.05, 3.63) is 16.5 Å². The Balaban J connectivity index is 2.94. The van der Waals surface area contributed by atoms with Crippen LogP contribution in [0.3, 0.4) is 0 Å². The highest BCUT2D eigenvalue weighted by Gasteiger charge is 2.16. The molecule has 0 saturated carbocycles. The van der Waals surface area contributed by atoms with Crippen molar-refractivity contribution in [1.82, 2.24) is 14.9 Å². The fourth-order valence-corrected chi connectivity index (χ4v) is 2.12. The molecule has 0 aliphatic carbocycles. The van der Waals surface area contributed by atoms with Crippen molar-refractivity contribution >= 4 is 23.7 Å². The number of aryl methyl sites for hydroxylation is 1. The van der Waals surface area contributed by atoms with Gasteiger partial charge in [0.1, 0.15) is 16.8 Å². The average Bonchev–Trinajstić information content (AvgIpc) is 2.33. The molecule has 1 aromatic heterocycles. The number of nitrogens with zero attached hydrogens (tertiary/aromatic N) is 4. The van der Waals surface area contributed by atoms with E-state index in [2.05, 4.69) is 19.8 Å². The molecule has 0 amide bonds. The lowest BCUT2D eigenvalue weighted by Gasteiger charge is -2.24. The summed E-state index contributed by atoms with van der Waals surface area (Å²) in [6.07, 6.45) is 1.73. The van der Waals surface area contributed by atoms with E-state index < -0.39 is 0 Å². The minimum absolute atomic E-state index is 0.226. The second-order valence-electron chi connectivity index (χ2n) is 4.65. The van der Waals surface area contributed by atoms with Gasteiger partial charge in [-0.2, -0.15) is 0 Å². The third-order valence-corrected chi connectivity index (χ3v) is 3.11. The van der Waals surface area contributed by atoms with Gasteiger partial charge in [-0.1, -0.05) is 11.6 Å². The minimum Gasteiger partial charge on any atom is -0.356 e. The van der Waals surface area contributed by atoms with Crippen LogP contribution < -0.4 is 4.90 Å². The number of rotatable bonds is 7. The van der Waals surface area contributed by atoms with Gasteiger partial charge in [-0.3, -0.25) is 4.79 Å². The standard InChI is InChI=1S/C13H21ClN4O/c1-5-18(8-6-7-17(3)4)13-11(9-19)12(14)15-10(2)16-13/h9H,5-8H2,1-4H3. The van der Waals surface area contributed by atoms with Crippen LogP contribution in [0, 0.1) is 6.92 Å². The summed E-state index contributed by atoms with van der Waals surface area (Å²) < 4.78 is 0. The molecule has 0 spiro atoms. The molecule has 0 unspecified atom stereocenters. The maximum Gasteiger partial charge on any atom is 0.156 e. The molecule has 0 N–H and O–H groups in total. The number of aldehydes is 1. The van der Waals surface area contributed by atoms with Crippen LogP contribution >= 0.6 is 11.6 Å². The van der Waals surface area contributed by atoms with Gasteiger partial charge in [0.2, 0.25) is 0 Å². The molecule has 0 aromatic carbocycles. The maximum atomic E-state index is 11.2. The zero-order valence-electron chi connectivity index (χ0n) is 12.0. The molecule has 1 aromatic rings. The first-order chi connectivity index (χ1) is 8.99. The normalized spacial score (nSPS) is 10.8. The summed E-state index contributed by atoms with van der Waals surface area (Å²) in [5.41, 5.74) is 0.374. The van der Waals surface area contributed by atoms with Gasteiger partial charge in [0.15, 0.2) is 6.29 Å². The van der Waals surface area contributed by atoms with Crippen LogP contribution in [-0.2, 0) is 0 Å². The second-order valence-corrected chi connectivity index (χ2v) is 5.01. The van der Waals surface area contributed by atoms with Gasteiger partial charge in [0, 0.05) is 13.1 Å². The molecular weight excluding hydrogens is 264 g/mol. The largest absolute Gasteiger partial charge is 0.356 e. The highest BCUT2D eigenvalue weighted by Crippen LogP contribution is 2.22. The fraction of sp³-hybridized carbons (Fsp3) is 0.615. The van der Waals surface area contributed by atoms with Gasteiger partial charge < -0.3 is 9.80 Å². The highest BCUT2D eigenvalue weighted by atomic mass is 35.5. The van der Waals surface area contributed by atoms with E-state index in [0.29, 0.717) is 17.2 Å². The van der Waals surface area contributed by atoms with E-state index >= 15 is 0 Å². The molecule has 0 atom stereocenters. The number of carbonyl (C=O) groups excluding carboxylic acids is 1. The van der Waals surface area contributed by atoms with Gasteiger partial charge in [-0.25, -0.2) is 9.97 Å². The Labute approximate surface area is 119 Å². The molecule has 0 aliphatic rings. The number of hydrogen-bond acceptors (Lipinski definition) is 5. The topological polar surface area (TPSA) is 49.3 Å². The molecule has 1 heterocycles. The van der Waals surface area contributed by atoms with E-state index in [1.807, 2.05) is 21.0 Å². The third kappa shape index (κ3) is 4.44. The molecule has 0 aliphatic heterocycles. The van der Waals surface area contributed by atoms with Crippen molar-refractivity contribution < 1.29 is 4.79 Å². The molecule has 6 heteroatoms. The molecule has 0 radical (unpaired) electrons. The van der Waals surface area contributed by atoms with Crippen LogP contribution in [-0.4, -0.2) is 54.9 Å². The molecule has 5 nitrogen and oxygen atoms in total. The van der Waals surface area contributed by atoms with Crippen LogP contribution in [0.25, 0.3) is 0 Å². The Morgan fingerprint density at radius 3 is 2.47 bits per heavy atom. The Morgan fingerprint density at radius 2 is 1.95 bits per heavy atom. The Bertz CT molecular complexity index is 437. The Kier molecular flexibility index (Phi) is 6.18. The van der Waals surface area contributed by atoms with E-state index in [-0.39, 0.29) is 5.15 Å². The summed E-state index contributed by atoms with van der Waals surface area (Å²) in [4.78, 5) is 23.7. The molecule has 106 valence electrons. The predicted octanol–water partition coefficient (Wildman–Crippen LogP) is 2.03. The number of aromatic nitrogens is 2. The van der Waals surface area contributed by atoms with E-state index in [1.165, 1.54) is 0 Å². The summed E-state index contributed by atoms with van der Waals surface area (Å²) in [6, 6.07) is 0. The first kappa shape index (κ1) is 15.9. The van der Waals surface area contributed by atoms with Crippen LogP contribution in [0.2, 0.25) is 5.15 Å². The van der Waals surface area contributed by atoms with Gasteiger partial charge in [0.25, 0.3) is 0 Å². The molecule has 0 fully saturated rings. The van der Waals surface area contributed by atoms with Crippen molar-refractivity contribution in [3.8, 4) is 0 Å². The van der Waals surface area contributed by atoms with Crippen LogP contribution in [0.1, 0.15) is 29.5 Å². The second kappa shape index (κ2) is 7.40. The van der Waals surface area contributed by atoms with Gasteiger partial charge in [-0.15, -0.1) is 0 Å². The van der Waals surface area contributed by atoms with Crippen molar-refractivity contribution in [1.29, 1.82) is 0 Å². The third-order valence-electron chi connectivity index (χ3n) is 2.82. The lowest BCUT2D eigenvalue weighted by molar-refractivity contribution is 0.112. The lowest BCUT2D eigenvalue weighted by Crippen LogP contribution is -2.29. The summed E-state index contributed by atoms with van der Waals surface area (Å²) >= 11 is 6.00. The fourth-order valence-electron chi connectivity index (χ4n) is 1.87. The van der Waals surface area contributed by atoms with Crippen molar-refractivity contribution in [2.24, 2.45) is 0 Å². The van der Waals surface area contributed by atoms with E-state index in [0.717, 1.165) is 32.3 Å². The van der Waals surface area contributed by atoms with Crippen LogP contribution in [0.5, 0.6) is 0 Å². The Morgan fingerprint density at radius 1 is 1.26 bits per heavy atom. The maximum absolute atomic E-state index is 11.2. The molecule has 19 heavy (non-hydrogen) atoms. The molecule has 0 bridgehead atoms. The zero-order valence-corrected chi connectivity index (χ0v) is 12.7. The number of anilines is 1. The smallest absolute Gasteiger partial charge is 0.156 e. The lowest BCUT2D eigenvalue weighted by atomic mass is 10.2. The van der Waals surface area contributed by atoms with E-state index in [1.54, 1.807) is 6.92 Å². The summed E-state index contributed by atoms with van der Waals surface area (Å²) in [5, 5.41) is 0.226. The quantitative estimate of drug-likeness (QED) is 0.566. The molecule has 1 rings (SSSR count). The Hall–Kier alpha value is -1.20. The number of hydrogen-bond donors (Lipinski definition) is 0. The average molecular weight is 285 g/mol. The van der Waals surface area contributed by atoms with Crippen LogP contribution in [0.15, 0.2) is 0 Å². The number of carbonyl (C=O) groups is 1.